The van der Waals surface area contributed by atoms with Crippen molar-refractivity contribution in [1.82, 2.24) is 5.32 Å². The summed E-state index contributed by atoms with van der Waals surface area (Å²) >= 11 is 0. The molecule has 1 aliphatic rings. The van der Waals surface area contributed by atoms with Gasteiger partial charge in [-0.25, -0.2) is 0 Å². The summed E-state index contributed by atoms with van der Waals surface area (Å²) in [6.45, 7) is 3.44. The van der Waals surface area contributed by atoms with Gasteiger partial charge in [0.1, 0.15) is 0 Å². The van der Waals surface area contributed by atoms with E-state index in [4.69, 9.17) is 4.74 Å². The first-order valence-corrected chi connectivity index (χ1v) is 4.72. The fraction of sp³-hybridized carbons (Fsp3) is 0.889. The molecule has 0 saturated carbocycles. The Hall–Kier alpha value is -0.570. The van der Waals surface area contributed by atoms with Gasteiger partial charge >= 0.3 is 5.97 Å². The molecule has 0 radical (unpaired) electrons. The standard InChI is InChI=1S/C9H17NO2/c1-2-12-9(11)6-5-8-4-3-7-10-8/h8,10H,2-7H2,1H3. The van der Waals surface area contributed by atoms with Gasteiger partial charge in [0.05, 0.1) is 6.61 Å². The first-order chi connectivity index (χ1) is 5.83. The molecule has 0 bridgehead atoms. The van der Waals surface area contributed by atoms with Gasteiger partial charge in [-0.1, -0.05) is 0 Å². The van der Waals surface area contributed by atoms with Gasteiger partial charge in [-0.2, -0.15) is 0 Å². The van der Waals surface area contributed by atoms with Crippen LogP contribution in [-0.4, -0.2) is 25.2 Å². The van der Waals surface area contributed by atoms with Crippen LogP contribution in [0.1, 0.15) is 32.6 Å². The Labute approximate surface area is 73.5 Å². The number of hydrogen-bond donors (Lipinski definition) is 1. The van der Waals surface area contributed by atoms with Crippen LogP contribution in [0.5, 0.6) is 0 Å². The van der Waals surface area contributed by atoms with Crippen LogP contribution in [0.3, 0.4) is 0 Å². The van der Waals surface area contributed by atoms with Crippen molar-refractivity contribution >= 4 is 5.97 Å². The highest BCUT2D eigenvalue weighted by Gasteiger charge is 2.15. The predicted molar refractivity (Wildman–Crippen MR) is 46.9 cm³/mol. The van der Waals surface area contributed by atoms with Crippen LogP contribution >= 0.6 is 0 Å². The molecule has 0 spiro atoms. The monoisotopic (exact) mass is 171 g/mol. The van der Waals surface area contributed by atoms with Crippen LogP contribution in [0.25, 0.3) is 0 Å². The van der Waals surface area contributed by atoms with E-state index < -0.39 is 0 Å². The van der Waals surface area contributed by atoms with E-state index in [1.54, 1.807) is 0 Å². The molecule has 0 aromatic carbocycles. The molecular weight excluding hydrogens is 154 g/mol. The van der Waals surface area contributed by atoms with Crippen molar-refractivity contribution in [3.63, 3.8) is 0 Å². The van der Waals surface area contributed by atoms with E-state index in [0.29, 0.717) is 19.1 Å². The van der Waals surface area contributed by atoms with Crippen LogP contribution in [0.2, 0.25) is 0 Å². The third-order valence-electron chi connectivity index (χ3n) is 2.16. The normalized spacial score (nSPS) is 22.6. The fourth-order valence-corrected chi connectivity index (χ4v) is 1.53. The molecule has 0 aromatic heterocycles. The van der Waals surface area contributed by atoms with Crippen LogP contribution in [0.4, 0.5) is 0 Å². The Morgan fingerprint density at radius 2 is 2.50 bits per heavy atom. The predicted octanol–water partition coefficient (Wildman–Crippen LogP) is 1.08. The molecule has 1 fully saturated rings. The Morgan fingerprint density at radius 3 is 3.08 bits per heavy atom. The maximum Gasteiger partial charge on any atom is 0.305 e. The molecule has 1 rings (SSSR count). The van der Waals surface area contributed by atoms with Crippen LogP contribution in [0.15, 0.2) is 0 Å². The topological polar surface area (TPSA) is 38.3 Å². The number of carbonyl (C=O) groups excluding carboxylic acids is 1. The lowest BCUT2D eigenvalue weighted by molar-refractivity contribution is -0.143. The second kappa shape index (κ2) is 5.14. The molecule has 1 unspecified atom stereocenters. The van der Waals surface area contributed by atoms with E-state index >= 15 is 0 Å². The van der Waals surface area contributed by atoms with Crippen LogP contribution in [0, 0.1) is 0 Å². The average molecular weight is 171 g/mol. The maximum atomic E-state index is 10.9. The lowest BCUT2D eigenvalue weighted by Crippen LogP contribution is -2.22. The molecule has 0 aromatic rings. The molecule has 1 N–H and O–H groups in total. The lowest BCUT2D eigenvalue weighted by Gasteiger charge is -2.08. The SMILES string of the molecule is CCOC(=O)CCC1CCCN1. The van der Waals surface area contributed by atoms with E-state index in [1.807, 2.05) is 6.92 Å². The number of carbonyl (C=O) groups is 1. The summed E-state index contributed by atoms with van der Waals surface area (Å²) in [6.07, 6.45) is 3.94. The summed E-state index contributed by atoms with van der Waals surface area (Å²) in [6, 6.07) is 0.550. The Bertz CT molecular complexity index is 141. The first-order valence-electron chi connectivity index (χ1n) is 4.72. The molecule has 1 aliphatic heterocycles. The minimum Gasteiger partial charge on any atom is -0.466 e. The maximum absolute atomic E-state index is 10.9. The zero-order valence-corrected chi connectivity index (χ0v) is 7.64. The second-order valence-corrected chi connectivity index (χ2v) is 3.14. The Morgan fingerprint density at radius 1 is 1.67 bits per heavy atom. The summed E-state index contributed by atoms with van der Waals surface area (Å²) < 4.78 is 4.83. The molecule has 0 amide bonds. The first kappa shape index (κ1) is 9.52. The van der Waals surface area contributed by atoms with Crippen LogP contribution < -0.4 is 5.32 Å². The smallest absolute Gasteiger partial charge is 0.305 e. The number of rotatable bonds is 4. The van der Waals surface area contributed by atoms with Gasteiger partial charge in [0.2, 0.25) is 0 Å². The third kappa shape index (κ3) is 3.22. The third-order valence-corrected chi connectivity index (χ3v) is 2.16. The van der Waals surface area contributed by atoms with Crippen LogP contribution in [-0.2, 0) is 9.53 Å². The van der Waals surface area contributed by atoms with Crippen molar-refractivity contribution in [2.75, 3.05) is 13.2 Å². The van der Waals surface area contributed by atoms with E-state index in [-0.39, 0.29) is 5.97 Å². The van der Waals surface area contributed by atoms with E-state index in [0.717, 1.165) is 13.0 Å². The van der Waals surface area contributed by atoms with Crippen molar-refractivity contribution < 1.29 is 9.53 Å². The highest BCUT2D eigenvalue weighted by atomic mass is 16.5. The minimum atomic E-state index is -0.0637. The minimum absolute atomic E-state index is 0.0637. The molecule has 3 heteroatoms. The lowest BCUT2D eigenvalue weighted by atomic mass is 10.1. The quantitative estimate of drug-likeness (QED) is 0.643. The van der Waals surface area contributed by atoms with Crippen molar-refractivity contribution in [1.29, 1.82) is 0 Å². The van der Waals surface area contributed by atoms with E-state index in [1.165, 1.54) is 12.8 Å². The van der Waals surface area contributed by atoms with Gasteiger partial charge < -0.3 is 10.1 Å². The van der Waals surface area contributed by atoms with Gasteiger partial charge in [0.15, 0.2) is 0 Å². The summed E-state index contributed by atoms with van der Waals surface area (Å²) in [5, 5.41) is 3.35. The van der Waals surface area contributed by atoms with Crippen molar-refractivity contribution in [3.05, 3.63) is 0 Å². The largest absolute Gasteiger partial charge is 0.466 e. The van der Waals surface area contributed by atoms with Gasteiger partial charge in [-0.15, -0.1) is 0 Å². The highest BCUT2D eigenvalue weighted by Crippen LogP contribution is 2.10. The van der Waals surface area contributed by atoms with Gasteiger partial charge in [-0.05, 0) is 32.7 Å². The van der Waals surface area contributed by atoms with Crippen molar-refractivity contribution in [3.8, 4) is 0 Å². The van der Waals surface area contributed by atoms with Gasteiger partial charge in [-0.3, -0.25) is 4.79 Å². The highest BCUT2D eigenvalue weighted by molar-refractivity contribution is 5.69. The van der Waals surface area contributed by atoms with E-state index in [9.17, 15) is 4.79 Å². The van der Waals surface area contributed by atoms with E-state index in [2.05, 4.69) is 5.32 Å². The van der Waals surface area contributed by atoms with Crippen molar-refractivity contribution in [2.24, 2.45) is 0 Å². The molecule has 12 heavy (non-hydrogen) atoms. The molecule has 1 atom stereocenters. The van der Waals surface area contributed by atoms with Gasteiger partial charge in [0.25, 0.3) is 0 Å². The number of nitrogens with one attached hydrogen (secondary N) is 1. The summed E-state index contributed by atoms with van der Waals surface area (Å²) in [7, 11) is 0. The Balaban J connectivity index is 2.03. The summed E-state index contributed by atoms with van der Waals surface area (Å²) in [5.41, 5.74) is 0. The molecule has 70 valence electrons. The molecule has 0 aliphatic carbocycles. The number of ether oxygens (including phenoxy) is 1. The Kier molecular flexibility index (Phi) is 4.08. The zero-order chi connectivity index (χ0) is 8.81. The number of esters is 1. The number of hydrogen-bond acceptors (Lipinski definition) is 3. The zero-order valence-electron chi connectivity index (χ0n) is 7.64. The molecule has 3 nitrogen and oxygen atoms in total. The summed E-state index contributed by atoms with van der Waals surface area (Å²) in [4.78, 5) is 10.9. The fourth-order valence-electron chi connectivity index (χ4n) is 1.53. The molecule has 1 saturated heterocycles. The van der Waals surface area contributed by atoms with Crippen molar-refractivity contribution in [2.45, 2.75) is 38.6 Å². The molecular formula is C9H17NO2. The second-order valence-electron chi connectivity index (χ2n) is 3.14. The molecule has 1 heterocycles. The van der Waals surface area contributed by atoms with Gasteiger partial charge in [0, 0.05) is 12.5 Å². The summed E-state index contributed by atoms with van der Waals surface area (Å²) in [5.74, 6) is -0.0637. The average Bonchev–Trinajstić information content (AvgIpc) is 2.53.